The van der Waals surface area contributed by atoms with Crippen molar-refractivity contribution in [3.8, 4) is 5.75 Å². The van der Waals surface area contributed by atoms with Gasteiger partial charge in [0.2, 0.25) is 0 Å². The van der Waals surface area contributed by atoms with Crippen LogP contribution in [0.15, 0.2) is 18.2 Å². The summed E-state index contributed by atoms with van der Waals surface area (Å²) in [5.41, 5.74) is 1.19. The predicted octanol–water partition coefficient (Wildman–Crippen LogP) is 2.90. The number of ether oxygens (including phenoxy) is 1. The van der Waals surface area contributed by atoms with Gasteiger partial charge >= 0.3 is 6.03 Å². The molecule has 2 fully saturated rings. The van der Waals surface area contributed by atoms with Crippen LogP contribution >= 0.6 is 0 Å². The van der Waals surface area contributed by atoms with Gasteiger partial charge in [0.15, 0.2) is 5.78 Å². The quantitative estimate of drug-likeness (QED) is 0.658. The van der Waals surface area contributed by atoms with Crippen molar-refractivity contribution in [3.05, 3.63) is 29.3 Å². The Balaban J connectivity index is 1.80. The Morgan fingerprint density at radius 1 is 1.24 bits per heavy atom. The third kappa shape index (κ3) is 3.52. The summed E-state index contributed by atoms with van der Waals surface area (Å²) in [5, 5.41) is 2.85. The van der Waals surface area contributed by atoms with Crippen LogP contribution < -0.4 is 10.1 Å². The normalized spacial score (nSPS) is 21.4. The Morgan fingerprint density at radius 2 is 1.96 bits per heavy atom. The minimum atomic E-state index is -0.421. The second kappa shape index (κ2) is 7.25. The maximum absolute atomic E-state index is 12.8. The molecule has 1 aromatic carbocycles. The van der Waals surface area contributed by atoms with E-state index in [9.17, 15) is 14.4 Å². The minimum absolute atomic E-state index is 0.0683. The number of hydrogen-bond donors (Lipinski definition) is 1. The molecule has 25 heavy (non-hydrogen) atoms. The summed E-state index contributed by atoms with van der Waals surface area (Å²) >= 11 is 0. The predicted molar refractivity (Wildman–Crippen MR) is 92.4 cm³/mol. The van der Waals surface area contributed by atoms with Crippen LogP contribution in [0.4, 0.5) is 4.79 Å². The van der Waals surface area contributed by atoms with E-state index in [0.29, 0.717) is 16.9 Å². The van der Waals surface area contributed by atoms with Gasteiger partial charge in [-0.25, -0.2) is 4.79 Å². The van der Waals surface area contributed by atoms with Crippen LogP contribution in [0.2, 0.25) is 0 Å². The second-order valence-corrected chi connectivity index (χ2v) is 6.83. The van der Waals surface area contributed by atoms with Gasteiger partial charge in [-0.3, -0.25) is 14.5 Å². The molecule has 1 aliphatic heterocycles. The molecule has 1 aromatic rings. The number of urea groups is 1. The number of Topliss-reactive ketones (excluding diaryl/α,β-unsaturated/α-hetero) is 1. The van der Waals surface area contributed by atoms with Gasteiger partial charge in [-0.05, 0) is 43.9 Å². The highest BCUT2D eigenvalue weighted by Gasteiger charge is 2.42. The molecule has 3 rings (SSSR count). The Bertz CT molecular complexity index is 695. The standard InChI is InChI=1S/C19H24N2O4/c1-12(22)14-8-9-16(25-2)15(10-14)11-21-18(23)17(20-19(21)24)13-6-4-3-5-7-13/h8-10,13,17H,3-7,11H2,1-2H3,(H,20,24)/t17-/m0/s1. The molecular weight excluding hydrogens is 320 g/mol. The maximum atomic E-state index is 12.8. The van der Waals surface area contributed by atoms with Gasteiger partial charge in [0.1, 0.15) is 11.8 Å². The first-order valence-electron chi connectivity index (χ1n) is 8.81. The van der Waals surface area contributed by atoms with Gasteiger partial charge in [0.25, 0.3) is 5.91 Å². The molecule has 0 radical (unpaired) electrons. The van der Waals surface area contributed by atoms with Crippen molar-refractivity contribution in [2.24, 2.45) is 5.92 Å². The number of benzene rings is 1. The van der Waals surface area contributed by atoms with Crippen molar-refractivity contribution in [1.82, 2.24) is 10.2 Å². The summed E-state index contributed by atoms with van der Waals surface area (Å²) in [5.74, 6) is 0.542. The van der Waals surface area contributed by atoms with E-state index in [1.165, 1.54) is 25.4 Å². The molecule has 1 aliphatic carbocycles. The number of nitrogens with zero attached hydrogens (tertiary/aromatic N) is 1. The highest BCUT2D eigenvalue weighted by Crippen LogP contribution is 2.30. The molecule has 0 unspecified atom stereocenters. The van der Waals surface area contributed by atoms with Gasteiger partial charge in [-0.2, -0.15) is 0 Å². The van der Waals surface area contributed by atoms with E-state index in [1.807, 2.05) is 0 Å². The van der Waals surface area contributed by atoms with Gasteiger partial charge < -0.3 is 10.1 Å². The summed E-state index contributed by atoms with van der Waals surface area (Å²) < 4.78 is 5.32. The first-order valence-corrected chi connectivity index (χ1v) is 8.81. The first kappa shape index (κ1) is 17.5. The van der Waals surface area contributed by atoms with Crippen LogP contribution in [0.1, 0.15) is 54.9 Å². The third-order valence-electron chi connectivity index (χ3n) is 5.19. The van der Waals surface area contributed by atoms with Gasteiger partial charge in [-0.15, -0.1) is 0 Å². The van der Waals surface area contributed by atoms with E-state index >= 15 is 0 Å². The van der Waals surface area contributed by atoms with Crippen molar-refractivity contribution in [1.29, 1.82) is 0 Å². The first-order chi connectivity index (χ1) is 12.0. The van der Waals surface area contributed by atoms with Crippen LogP contribution in [0, 0.1) is 5.92 Å². The van der Waals surface area contributed by atoms with Crippen molar-refractivity contribution >= 4 is 17.7 Å². The number of hydrogen-bond acceptors (Lipinski definition) is 4. The fourth-order valence-electron chi connectivity index (χ4n) is 3.77. The number of amides is 3. The zero-order valence-electron chi connectivity index (χ0n) is 14.7. The lowest BCUT2D eigenvalue weighted by Crippen LogP contribution is -2.38. The van der Waals surface area contributed by atoms with Crippen LogP contribution in [-0.2, 0) is 11.3 Å². The second-order valence-electron chi connectivity index (χ2n) is 6.83. The van der Waals surface area contributed by atoms with E-state index in [1.54, 1.807) is 18.2 Å². The number of ketones is 1. The van der Waals surface area contributed by atoms with E-state index in [0.717, 1.165) is 25.7 Å². The monoisotopic (exact) mass is 344 g/mol. The Morgan fingerprint density at radius 3 is 2.60 bits per heavy atom. The lowest BCUT2D eigenvalue weighted by Gasteiger charge is -2.25. The number of methoxy groups -OCH3 is 1. The minimum Gasteiger partial charge on any atom is -0.496 e. The van der Waals surface area contributed by atoms with Gasteiger partial charge in [0.05, 0.1) is 13.7 Å². The SMILES string of the molecule is COc1ccc(C(C)=O)cc1CN1C(=O)N[C@@H](C2CCCCC2)C1=O. The largest absolute Gasteiger partial charge is 0.496 e. The molecule has 0 aromatic heterocycles. The Labute approximate surface area is 147 Å². The maximum Gasteiger partial charge on any atom is 0.325 e. The molecular formula is C19H24N2O4. The lowest BCUT2D eigenvalue weighted by molar-refractivity contribution is -0.129. The average molecular weight is 344 g/mol. The van der Waals surface area contributed by atoms with E-state index in [2.05, 4.69) is 5.32 Å². The van der Waals surface area contributed by atoms with Crippen LogP contribution in [-0.4, -0.2) is 35.8 Å². The molecule has 0 bridgehead atoms. The summed E-state index contributed by atoms with van der Waals surface area (Å²) in [6.45, 7) is 1.59. The van der Waals surface area contributed by atoms with Crippen molar-refractivity contribution in [2.45, 2.75) is 51.6 Å². The van der Waals surface area contributed by atoms with E-state index in [4.69, 9.17) is 4.74 Å². The molecule has 1 saturated heterocycles. The Kier molecular flexibility index (Phi) is 5.06. The van der Waals surface area contributed by atoms with Crippen LogP contribution in [0.25, 0.3) is 0 Å². The van der Waals surface area contributed by atoms with Gasteiger partial charge in [0, 0.05) is 11.1 Å². The summed E-state index contributed by atoms with van der Waals surface area (Å²) in [7, 11) is 1.53. The van der Waals surface area contributed by atoms with Crippen molar-refractivity contribution < 1.29 is 19.1 Å². The zero-order valence-corrected chi connectivity index (χ0v) is 14.7. The number of carbonyl (C=O) groups is 3. The van der Waals surface area contributed by atoms with Crippen LogP contribution in [0.3, 0.4) is 0 Å². The van der Waals surface area contributed by atoms with E-state index in [-0.39, 0.29) is 30.2 Å². The van der Waals surface area contributed by atoms with Crippen molar-refractivity contribution in [3.63, 3.8) is 0 Å². The molecule has 1 atom stereocenters. The molecule has 3 amide bonds. The molecule has 6 nitrogen and oxygen atoms in total. The molecule has 1 heterocycles. The highest BCUT2D eigenvalue weighted by molar-refractivity contribution is 6.04. The highest BCUT2D eigenvalue weighted by atomic mass is 16.5. The van der Waals surface area contributed by atoms with Gasteiger partial charge in [-0.1, -0.05) is 19.3 Å². The Hall–Kier alpha value is -2.37. The van der Waals surface area contributed by atoms with Crippen molar-refractivity contribution in [2.75, 3.05) is 7.11 Å². The number of carbonyl (C=O) groups excluding carboxylic acids is 3. The molecule has 1 saturated carbocycles. The number of nitrogens with one attached hydrogen (secondary N) is 1. The molecule has 0 spiro atoms. The van der Waals surface area contributed by atoms with Crippen LogP contribution in [0.5, 0.6) is 5.75 Å². The fraction of sp³-hybridized carbons (Fsp3) is 0.526. The number of imide groups is 1. The molecule has 6 heteroatoms. The summed E-state index contributed by atoms with van der Waals surface area (Å²) in [6.07, 6.45) is 5.38. The smallest absolute Gasteiger partial charge is 0.325 e. The number of rotatable bonds is 5. The lowest BCUT2D eigenvalue weighted by atomic mass is 9.84. The summed E-state index contributed by atoms with van der Waals surface area (Å²) in [6, 6.07) is 4.28. The molecule has 2 aliphatic rings. The average Bonchev–Trinajstić information content (AvgIpc) is 2.90. The third-order valence-corrected chi connectivity index (χ3v) is 5.19. The molecule has 134 valence electrons. The zero-order chi connectivity index (χ0) is 18.0. The summed E-state index contributed by atoms with van der Waals surface area (Å²) in [4.78, 5) is 38.0. The topological polar surface area (TPSA) is 75.7 Å². The molecule has 1 N–H and O–H groups in total. The van der Waals surface area contributed by atoms with E-state index < -0.39 is 6.04 Å². The fourth-order valence-corrected chi connectivity index (χ4v) is 3.77.